The van der Waals surface area contributed by atoms with E-state index in [1.165, 1.54) is 0 Å². The van der Waals surface area contributed by atoms with Crippen molar-refractivity contribution in [3.63, 3.8) is 0 Å². The van der Waals surface area contributed by atoms with Crippen LogP contribution in [0.4, 0.5) is 0 Å². The maximum absolute atomic E-state index is 12.4. The fraction of sp³-hybridized carbons (Fsp3) is 0.409. The number of hydrogen-bond acceptors (Lipinski definition) is 5. The molecule has 1 heterocycles. The summed E-state index contributed by atoms with van der Waals surface area (Å²) in [4.78, 5) is 14.7. The molecule has 1 atom stereocenters. The van der Waals surface area contributed by atoms with Gasteiger partial charge in [-0.2, -0.15) is 0 Å². The zero-order chi connectivity index (χ0) is 20.6. The highest BCUT2D eigenvalue weighted by Gasteiger charge is 2.23. The van der Waals surface area contributed by atoms with Crippen LogP contribution in [0.3, 0.4) is 0 Å². The molecule has 3 rings (SSSR count). The Morgan fingerprint density at radius 2 is 1.90 bits per heavy atom. The van der Waals surface area contributed by atoms with Crippen LogP contribution in [0.2, 0.25) is 5.02 Å². The van der Waals surface area contributed by atoms with E-state index < -0.39 is 0 Å². The number of ether oxygens (including phenoxy) is 3. The van der Waals surface area contributed by atoms with Crippen LogP contribution in [0.25, 0.3) is 0 Å². The molecule has 1 aliphatic rings. The number of nitrogens with zero attached hydrogens (tertiary/aromatic N) is 1. The van der Waals surface area contributed by atoms with Gasteiger partial charge in [-0.1, -0.05) is 29.8 Å². The summed E-state index contributed by atoms with van der Waals surface area (Å²) in [5.41, 5.74) is 2.17. The van der Waals surface area contributed by atoms with Crippen molar-refractivity contribution < 1.29 is 19.0 Å². The second-order valence-electron chi connectivity index (χ2n) is 6.96. The van der Waals surface area contributed by atoms with Gasteiger partial charge >= 0.3 is 0 Å². The van der Waals surface area contributed by atoms with Gasteiger partial charge in [0.25, 0.3) is 5.91 Å². The molecule has 0 aromatic heterocycles. The predicted molar refractivity (Wildman–Crippen MR) is 113 cm³/mol. The number of carbonyl (C=O) groups is 1. The van der Waals surface area contributed by atoms with Crippen LogP contribution < -0.4 is 14.8 Å². The Kier molecular flexibility index (Phi) is 7.75. The molecule has 0 aliphatic carbocycles. The Hall–Kier alpha value is -2.28. The molecular formula is C22H27ClN2O4. The Labute approximate surface area is 176 Å². The van der Waals surface area contributed by atoms with Crippen LogP contribution in [0.1, 0.15) is 17.2 Å². The summed E-state index contributed by atoms with van der Waals surface area (Å²) in [6, 6.07) is 13.4. The predicted octanol–water partition coefficient (Wildman–Crippen LogP) is 3.23. The molecular weight excluding hydrogens is 392 g/mol. The maximum Gasteiger partial charge on any atom is 0.258 e. The van der Waals surface area contributed by atoms with Crippen molar-refractivity contribution in [1.29, 1.82) is 0 Å². The third kappa shape index (κ3) is 6.10. The minimum atomic E-state index is -0.181. The zero-order valence-corrected chi connectivity index (χ0v) is 17.6. The first-order chi connectivity index (χ1) is 14.1. The number of carbonyl (C=O) groups excluding carboxylic acids is 1. The molecule has 1 N–H and O–H groups in total. The van der Waals surface area contributed by atoms with Crippen molar-refractivity contribution in [2.75, 3.05) is 46.6 Å². The summed E-state index contributed by atoms with van der Waals surface area (Å²) in [6.45, 7) is 5.40. The lowest BCUT2D eigenvalue weighted by atomic mass is 10.0. The topological polar surface area (TPSA) is 60.0 Å². The van der Waals surface area contributed by atoms with Crippen LogP contribution >= 0.6 is 11.6 Å². The second-order valence-corrected chi connectivity index (χ2v) is 7.40. The fourth-order valence-electron chi connectivity index (χ4n) is 3.33. The van der Waals surface area contributed by atoms with Gasteiger partial charge in [-0.05, 0) is 42.3 Å². The summed E-state index contributed by atoms with van der Waals surface area (Å²) in [6.07, 6.45) is 0. The Morgan fingerprint density at radius 1 is 1.17 bits per heavy atom. The molecule has 1 amide bonds. The van der Waals surface area contributed by atoms with Crippen molar-refractivity contribution >= 4 is 17.5 Å². The van der Waals surface area contributed by atoms with E-state index in [2.05, 4.69) is 10.2 Å². The summed E-state index contributed by atoms with van der Waals surface area (Å²) >= 11 is 6.03. The summed E-state index contributed by atoms with van der Waals surface area (Å²) < 4.78 is 16.4. The molecule has 1 saturated heterocycles. The lowest BCUT2D eigenvalue weighted by molar-refractivity contribution is -0.123. The number of hydrogen-bond donors (Lipinski definition) is 1. The van der Waals surface area contributed by atoms with Gasteiger partial charge in [0.2, 0.25) is 0 Å². The van der Waals surface area contributed by atoms with Crippen LogP contribution in [0.15, 0.2) is 42.5 Å². The Bertz CT molecular complexity index is 807. The van der Waals surface area contributed by atoms with E-state index in [0.29, 0.717) is 36.3 Å². The minimum Gasteiger partial charge on any atom is -0.493 e. The molecule has 1 unspecified atom stereocenters. The van der Waals surface area contributed by atoms with Crippen LogP contribution in [0, 0.1) is 6.92 Å². The molecule has 0 bridgehead atoms. The Morgan fingerprint density at radius 3 is 2.59 bits per heavy atom. The Balaban J connectivity index is 1.59. The molecule has 2 aromatic carbocycles. The number of benzene rings is 2. The largest absolute Gasteiger partial charge is 0.493 e. The van der Waals surface area contributed by atoms with Crippen molar-refractivity contribution in [1.82, 2.24) is 10.2 Å². The van der Waals surface area contributed by atoms with E-state index in [1.807, 2.05) is 49.4 Å². The van der Waals surface area contributed by atoms with Gasteiger partial charge in [0.05, 0.1) is 26.4 Å². The number of aryl methyl sites for hydroxylation is 1. The first kappa shape index (κ1) is 21.4. The van der Waals surface area contributed by atoms with Gasteiger partial charge in [-0.15, -0.1) is 0 Å². The third-order valence-electron chi connectivity index (χ3n) is 4.91. The smallest absolute Gasteiger partial charge is 0.258 e. The van der Waals surface area contributed by atoms with Crippen LogP contribution in [-0.2, 0) is 9.53 Å². The number of morpholine rings is 1. The van der Waals surface area contributed by atoms with Gasteiger partial charge in [0.15, 0.2) is 18.1 Å². The molecule has 0 spiro atoms. The van der Waals surface area contributed by atoms with E-state index in [4.69, 9.17) is 25.8 Å². The SMILES string of the molecule is COc1cc(C)ccc1OCC(=O)NCC(c1ccc(Cl)cc1)N1CCOCC1. The fourth-order valence-corrected chi connectivity index (χ4v) is 3.46. The van der Waals surface area contributed by atoms with Crippen molar-refractivity contribution in [3.05, 3.63) is 58.6 Å². The first-order valence-electron chi connectivity index (χ1n) is 9.68. The quantitative estimate of drug-likeness (QED) is 0.713. The summed E-state index contributed by atoms with van der Waals surface area (Å²) in [5.74, 6) is 0.987. The van der Waals surface area contributed by atoms with Crippen molar-refractivity contribution in [2.45, 2.75) is 13.0 Å². The van der Waals surface area contributed by atoms with Crippen molar-refractivity contribution in [2.24, 2.45) is 0 Å². The molecule has 1 aliphatic heterocycles. The molecule has 0 saturated carbocycles. The van der Waals surface area contributed by atoms with E-state index in [9.17, 15) is 4.79 Å². The first-order valence-corrected chi connectivity index (χ1v) is 10.1. The monoisotopic (exact) mass is 418 g/mol. The average molecular weight is 419 g/mol. The van der Waals surface area contributed by atoms with Gasteiger partial charge in [0.1, 0.15) is 0 Å². The van der Waals surface area contributed by atoms with Crippen molar-refractivity contribution in [3.8, 4) is 11.5 Å². The van der Waals surface area contributed by atoms with Gasteiger partial charge in [-0.25, -0.2) is 0 Å². The van der Waals surface area contributed by atoms with E-state index >= 15 is 0 Å². The lowest BCUT2D eigenvalue weighted by Gasteiger charge is -2.35. The minimum absolute atomic E-state index is 0.0500. The standard InChI is InChI=1S/C22H27ClN2O4/c1-16-3-8-20(21(13-16)27-2)29-15-22(26)24-14-19(25-9-11-28-12-10-25)17-4-6-18(23)7-5-17/h3-8,13,19H,9-12,14-15H2,1-2H3,(H,24,26). The maximum atomic E-state index is 12.4. The zero-order valence-electron chi connectivity index (χ0n) is 16.8. The molecule has 29 heavy (non-hydrogen) atoms. The number of nitrogens with one attached hydrogen (secondary N) is 1. The third-order valence-corrected chi connectivity index (χ3v) is 5.16. The number of rotatable bonds is 8. The molecule has 7 heteroatoms. The molecule has 156 valence electrons. The van der Waals surface area contributed by atoms with Gasteiger partial charge in [-0.3, -0.25) is 9.69 Å². The molecule has 0 radical (unpaired) electrons. The van der Waals surface area contributed by atoms with E-state index in [0.717, 1.165) is 24.2 Å². The van der Waals surface area contributed by atoms with E-state index in [-0.39, 0.29) is 18.6 Å². The lowest BCUT2D eigenvalue weighted by Crippen LogP contribution is -2.44. The highest BCUT2D eigenvalue weighted by atomic mass is 35.5. The van der Waals surface area contributed by atoms with Gasteiger partial charge < -0.3 is 19.5 Å². The molecule has 6 nitrogen and oxygen atoms in total. The highest BCUT2D eigenvalue weighted by molar-refractivity contribution is 6.30. The van der Waals surface area contributed by atoms with Crippen LogP contribution in [0.5, 0.6) is 11.5 Å². The number of halogens is 1. The number of amides is 1. The normalized spacial score (nSPS) is 15.6. The second kappa shape index (κ2) is 10.5. The summed E-state index contributed by atoms with van der Waals surface area (Å²) in [5, 5.41) is 3.69. The molecule has 1 fully saturated rings. The highest BCUT2D eigenvalue weighted by Crippen LogP contribution is 2.27. The summed E-state index contributed by atoms with van der Waals surface area (Å²) in [7, 11) is 1.58. The number of methoxy groups -OCH3 is 1. The van der Waals surface area contributed by atoms with Crippen LogP contribution in [-0.4, -0.2) is 57.4 Å². The van der Waals surface area contributed by atoms with Gasteiger partial charge in [0, 0.05) is 24.7 Å². The molecule has 2 aromatic rings. The van der Waals surface area contributed by atoms with E-state index in [1.54, 1.807) is 7.11 Å². The average Bonchev–Trinajstić information content (AvgIpc) is 2.75.